The van der Waals surface area contributed by atoms with Crippen LogP contribution in [0, 0.1) is 11.7 Å². The van der Waals surface area contributed by atoms with Crippen molar-refractivity contribution < 1.29 is 18.8 Å². The van der Waals surface area contributed by atoms with Crippen molar-refractivity contribution in [3.63, 3.8) is 0 Å². The highest BCUT2D eigenvalue weighted by atomic mass is 35.5. The maximum Gasteiger partial charge on any atom is 0.242 e. The molecule has 1 saturated heterocycles. The van der Waals surface area contributed by atoms with Crippen LogP contribution in [-0.2, 0) is 20.9 Å². The summed E-state index contributed by atoms with van der Waals surface area (Å²) < 4.78 is 12.9. The van der Waals surface area contributed by atoms with Gasteiger partial charge in [-0.05, 0) is 55.9 Å². The van der Waals surface area contributed by atoms with Gasteiger partial charge in [0.25, 0.3) is 0 Å². The lowest BCUT2D eigenvalue weighted by Crippen LogP contribution is -2.51. The van der Waals surface area contributed by atoms with Crippen LogP contribution in [-0.4, -0.2) is 59.8 Å². The summed E-state index contributed by atoms with van der Waals surface area (Å²) in [7, 11) is 0. The lowest BCUT2D eigenvalue weighted by Gasteiger charge is -2.33. The summed E-state index contributed by atoms with van der Waals surface area (Å²) in [5.41, 5.74) is 6.73. The predicted octanol–water partition coefficient (Wildman–Crippen LogP) is 1.69. The highest BCUT2D eigenvalue weighted by Crippen LogP contribution is 2.18. The van der Waals surface area contributed by atoms with Crippen LogP contribution in [0.25, 0.3) is 0 Å². The van der Waals surface area contributed by atoms with E-state index in [-0.39, 0.29) is 48.4 Å². The van der Waals surface area contributed by atoms with Gasteiger partial charge in [-0.2, -0.15) is 11.8 Å². The van der Waals surface area contributed by atoms with Crippen LogP contribution >= 0.6 is 24.2 Å². The number of carbonyl (C=O) groups excluding carboxylic acids is 3. The number of nitrogens with two attached hydrogens (primary N) is 1. The number of halogens is 2. The van der Waals surface area contributed by atoms with Crippen LogP contribution in [0.4, 0.5) is 4.39 Å². The lowest BCUT2D eigenvalue weighted by molar-refractivity contribution is -0.137. The molecule has 31 heavy (non-hydrogen) atoms. The summed E-state index contributed by atoms with van der Waals surface area (Å²) in [6.45, 7) is 2.88. The molecule has 1 aromatic carbocycles. The summed E-state index contributed by atoms with van der Waals surface area (Å²) >= 11 is 1.66. The van der Waals surface area contributed by atoms with Gasteiger partial charge in [0.1, 0.15) is 11.9 Å². The normalized spacial score (nSPS) is 16.1. The van der Waals surface area contributed by atoms with E-state index in [0.29, 0.717) is 32.4 Å². The third kappa shape index (κ3) is 8.66. The number of thioether (sulfide) groups is 1. The molecule has 0 aromatic heterocycles. The molecule has 1 aliphatic rings. The molecule has 3 amide bonds. The number of piperidine rings is 1. The van der Waals surface area contributed by atoms with Crippen molar-refractivity contribution in [2.24, 2.45) is 11.7 Å². The van der Waals surface area contributed by atoms with Gasteiger partial charge in [-0.25, -0.2) is 4.39 Å². The van der Waals surface area contributed by atoms with Gasteiger partial charge < -0.3 is 21.3 Å². The first-order valence-corrected chi connectivity index (χ1v) is 11.6. The molecule has 174 valence electrons. The van der Waals surface area contributed by atoms with Crippen molar-refractivity contribution in [3.05, 3.63) is 35.6 Å². The Labute approximate surface area is 193 Å². The zero-order valence-electron chi connectivity index (χ0n) is 17.9. The van der Waals surface area contributed by atoms with Gasteiger partial charge in [0.15, 0.2) is 0 Å². The van der Waals surface area contributed by atoms with Crippen molar-refractivity contribution in [1.29, 1.82) is 0 Å². The average molecular weight is 475 g/mol. The monoisotopic (exact) mass is 474 g/mol. The Morgan fingerprint density at radius 1 is 1.23 bits per heavy atom. The Hall–Kier alpha value is -1.84. The minimum atomic E-state index is -0.683. The number of benzene rings is 1. The molecule has 2 atom stereocenters. The molecule has 1 aromatic rings. The molecular weight excluding hydrogens is 443 g/mol. The number of amides is 3. The number of nitrogens with one attached hydrogen (secondary N) is 2. The minimum absolute atomic E-state index is 0. The summed E-state index contributed by atoms with van der Waals surface area (Å²) in [5, 5.41) is 5.48. The Morgan fingerprint density at radius 2 is 1.84 bits per heavy atom. The van der Waals surface area contributed by atoms with Crippen LogP contribution in [0.15, 0.2) is 24.3 Å². The van der Waals surface area contributed by atoms with E-state index in [2.05, 4.69) is 10.6 Å². The van der Waals surface area contributed by atoms with Crippen molar-refractivity contribution in [2.45, 2.75) is 44.8 Å². The van der Waals surface area contributed by atoms with Gasteiger partial charge in [0.2, 0.25) is 17.7 Å². The van der Waals surface area contributed by atoms with Gasteiger partial charge in [-0.3, -0.25) is 14.4 Å². The Kier molecular flexibility index (Phi) is 11.9. The molecule has 0 spiro atoms. The maximum atomic E-state index is 12.9. The third-order valence-corrected chi connectivity index (χ3v) is 5.90. The Balaban J connectivity index is 0.00000480. The van der Waals surface area contributed by atoms with Gasteiger partial charge in [0, 0.05) is 25.6 Å². The lowest BCUT2D eigenvalue weighted by atomic mass is 9.95. The number of hydrogen-bond acceptors (Lipinski definition) is 5. The number of carbonyl (C=O) groups is 3. The number of rotatable bonds is 9. The van der Waals surface area contributed by atoms with Crippen LogP contribution in [0.2, 0.25) is 0 Å². The SMILES string of the molecule is CSCC[C@H](N)C(=O)N1CCC(C(=O)N[C@@H](C)C(=O)NCc2ccc(F)cc2)CC1.Cl. The van der Waals surface area contributed by atoms with Crippen molar-refractivity contribution >= 4 is 41.9 Å². The third-order valence-electron chi connectivity index (χ3n) is 5.26. The molecule has 0 radical (unpaired) electrons. The molecule has 10 heteroatoms. The molecule has 1 heterocycles. The van der Waals surface area contributed by atoms with E-state index in [1.165, 1.54) is 12.1 Å². The fraction of sp³-hybridized carbons (Fsp3) is 0.571. The quantitative estimate of drug-likeness (QED) is 0.505. The van der Waals surface area contributed by atoms with E-state index >= 15 is 0 Å². The molecule has 0 unspecified atom stereocenters. The molecule has 0 saturated carbocycles. The molecule has 1 aliphatic heterocycles. The molecule has 4 N–H and O–H groups in total. The van der Waals surface area contributed by atoms with E-state index in [4.69, 9.17) is 5.73 Å². The number of nitrogens with zero attached hydrogens (tertiary/aromatic N) is 1. The first kappa shape index (κ1) is 27.2. The standard InChI is InChI=1S/C21H31FN4O3S.ClH/c1-14(19(27)24-13-15-3-5-17(22)6-4-15)25-20(28)16-7-10-26(11-8-16)21(29)18(23)9-12-30-2;/h3-6,14,16,18H,7-13,23H2,1-2H3,(H,24,27)(H,25,28);1H/t14-,18-;/m0./s1. The molecule has 0 aliphatic carbocycles. The highest BCUT2D eigenvalue weighted by Gasteiger charge is 2.30. The largest absolute Gasteiger partial charge is 0.350 e. The number of hydrogen-bond donors (Lipinski definition) is 3. The fourth-order valence-electron chi connectivity index (χ4n) is 3.31. The van der Waals surface area contributed by atoms with E-state index in [9.17, 15) is 18.8 Å². The van der Waals surface area contributed by atoms with Gasteiger partial charge in [-0.15, -0.1) is 12.4 Å². The summed E-state index contributed by atoms with van der Waals surface area (Å²) in [5.74, 6) is -0.272. The Bertz CT molecular complexity index is 730. The zero-order chi connectivity index (χ0) is 22.1. The summed E-state index contributed by atoms with van der Waals surface area (Å²) in [4.78, 5) is 38.9. The predicted molar refractivity (Wildman–Crippen MR) is 123 cm³/mol. The van der Waals surface area contributed by atoms with E-state index in [1.54, 1.807) is 35.7 Å². The average Bonchev–Trinajstić information content (AvgIpc) is 2.76. The topological polar surface area (TPSA) is 105 Å². The second-order valence-electron chi connectivity index (χ2n) is 7.56. The van der Waals surface area contributed by atoms with Crippen molar-refractivity contribution in [1.82, 2.24) is 15.5 Å². The van der Waals surface area contributed by atoms with Crippen LogP contribution in [0.3, 0.4) is 0 Å². The first-order valence-electron chi connectivity index (χ1n) is 10.2. The van der Waals surface area contributed by atoms with Gasteiger partial charge in [0.05, 0.1) is 6.04 Å². The molecule has 1 fully saturated rings. The fourth-order valence-corrected chi connectivity index (χ4v) is 3.80. The van der Waals surface area contributed by atoms with E-state index < -0.39 is 12.1 Å². The maximum absolute atomic E-state index is 12.9. The second kappa shape index (κ2) is 13.5. The second-order valence-corrected chi connectivity index (χ2v) is 8.55. The Morgan fingerprint density at radius 3 is 2.42 bits per heavy atom. The first-order chi connectivity index (χ1) is 14.3. The summed E-state index contributed by atoms with van der Waals surface area (Å²) in [6.07, 6.45) is 3.73. The number of likely N-dealkylation sites (tertiary alicyclic amines) is 1. The highest BCUT2D eigenvalue weighted by molar-refractivity contribution is 7.98. The van der Waals surface area contributed by atoms with Crippen molar-refractivity contribution in [3.8, 4) is 0 Å². The smallest absolute Gasteiger partial charge is 0.242 e. The molecular formula is C21H32ClFN4O3S. The van der Waals surface area contributed by atoms with E-state index in [1.807, 2.05) is 6.26 Å². The molecule has 0 bridgehead atoms. The zero-order valence-corrected chi connectivity index (χ0v) is 19.6. The molecule has 2 rings (SSSR count). The summed E-state index contributed by atoms with van der Waals surface area (Å²) in [6, 6.07) is 4.69. The van der Waals surface area contributed by atoms with Crippen molar-refractivity contribution in [2.75, 3.05) is 25.1 Å². The van der Waals surface area contributed by atoms with Gasteiger partial charge in [-0.1, -0.05) is 12.1 Å². The minimum Gasteiger partial charge on any atom is -0.350 e. The molecule has 7 nitrogen and oxygen atoms in total. The van der Waals surface area contributed by atoms with Crippen LogP contribution in [0.1, 0.15) is 31.7 Å². The van der Waals surface area contributed by atoms with Crippen LogP contribution in [0.5, 0.6) is 0 Å². The van der Waals surface area contributed by atoms with Gasteiger partial charge >= 0.3 is 0 Å². The van der Waals surface area contributed by atoms with E-state index in [0.717, 1.165) is 11.3 Å². The van der Waals surface area contributed by atoms with Crippen LogP contribution < -0.4 is 16.4 Å².